The van der Waals surface area contributed by atoms with Gasteiger partial charge < -0.3 is 8.83 Å². The number of imide groups is 2. The average molecular weight is 603 g/mol. The third-order valence-electron chi connectivity index (χ3n) is 8.23. The van der Waals surface area contributed by atoms with Crippen LogP contribution in [0, 0.1) is 0 Å². The molecule has 0 fully saturated rings. The van der Waals surface area contributed by atoms with Gasteiger partial charge >= 0.3 is 0 Å². The molecule has 0 saturated heterocycles. The van der Waals surface area contributed by atoms with E-state index >= 15 is 0 Å². The van der Waals surface area contributed by atoms with Crippen LogP contribution < -0.4 is 9.80 Å². The van der Waals surface area contributed by atoms with E-state index in [-0.39, 0.29) is 23.6 Å². The maximum atomic E-state index is 12.8. The number of rotatable bonds is 4. The van der Waals surface area contributed by atoms with Crippen molar-refractivity contribution in [1.82, 2.24) is 9.97 Å². The second kappa shape index (κ2) is 9.41. The van der Waals surface area contributed by atoms with Crippen molar-refractivity contribution < 1.29 is 28.0 Å². The lowest BCUT2D eigenvalue weighted by Gasteiger charge is -2.13. The molecule has 10 nitrogen and oxygen atoms in total. The van der Waals surface area contributed by atoms with Crippen LogP contribution in [-0.2, 0) is 0 Å². The molecule has 0 N–H and O–H groups in total. The number of amides is 4. The lowest BCUT2D eigenvalue weighted by molar-refractivity contribution is 0.0910. The predicted octanol–water partition coefficient (Wildman–Crippen LogP) is 6.90. The first-order valence-electron chi connectivity index (χ1n) is 14.3. The SMILES string of the molecule is O=C1c2ccccc2C(=O)N1c1ccc(-c2nc3cc4nc(-c5ccc(N6C(=O)c7ccccc7C6=O)cc5)oc4cc3o2)cc1. The van der Waals surface area contributed by atoms with E-state index in [1.165, 1.54) is 0 Å². The molecule has 2 aliphatic heterocycles. The third-order valence-corrected chi connectivity index (χ3v) is 8.23. The molecule has 2 aliphatic rings. The molecule has 0 atom stereocenters. The normalized spacial score (nSPS) is 14.2. The zero-order chi connectivity index (χ0) is 31.1. The topological polar surface area (TPSA) is 127 Å². The summed E-state index contributed by atoms with van der Waals surface area (Å²) in [5.41, 5.74) is 5.93. The van der Waals surface area contributed by atoms with Crippen LogP contribution in [-0.4, -0.2) is 33.6 Å². The van der Waals surface area contributed by atoms with E-state index in [1.807, 2.05) is 0 Å². The van der Waals surface area contributed by atoms with Gasteiger partial charge in [-0.15, -0.1) is 0 Å². The van der Waals surface area contributed by atoms with Crippen LogP contribution in [0.3, 0.4) is 0 Å². The van der Waals surface area contributed by atoms with Crippen molar-refractivity contribution in [3.8, 4) is 22.9 Å². The molecule has 9 rings (SSSR count). The molecular formula is C36H18N4O6. The summed E-state index contributed by atoms with van der Waals surface area (Å²) in [4.78, 5) is 63.0. The molecular weight excluding hydrogens is 584 g/mol. The van der Waals surface area contributed by atoms with Gasteiger partial charge in [-0.25, -0.2) is 19.8 Å². The van der Waals surface area contributed by atoms with Gasteiger partial charge in [0.2, 0.25) is 11.8 Å². The Morgan fingerprint density at radius 2 is 0.783 bits per heavy atom. The van der Waals surface area contributed by atoms with Gasteiger partial charge in [-0.3, -0.25) is 19.2 Å². The van der Waals surface area contributed by atoms with Crippen LogP contribution in [0.4, 0.5) is 11.4 Å². The summed E-state index contributed by atoms with van der Waals surface area (Å²) in [5, 5.41) is 0. The Labute approximate surface area is 259 Å². The molecule has 0 unspecified atom stereocenters. The number of carbonyl (C=O) groups is 4. The number of nitrogens with zero attached hydrogens (tertiary/aromatic N) is 4. The zero-order valence-corrected chi connectivity index (χ0v) is 23.6. The van der Waals surface area contributed by atoms with Gasteiger partial charge in [0.05, 0.1) is 33.6 Å². The van der Waals surface area contributed by atoms with Crippen molar-refractivity contribution in [3.63, 3.8) is 0 Å². The van der Waals surface area contributed by atoms with E-state index in [0.717, 1.165) is 9.80 Å². The number of hydrogen-bond donors (Lipinski definition) is 0. The smallest absolute Gasteiger partial charge is 0.266 e. The number of anilines is 2. The first kappa shape index (κ1) is 25.8. The summed E-state index contributed by atoms with van der Waals surface area (Å²) in [6.07, 6.45) is 0. The minimum Gasteiger partial charge on any atom is -0.436 e. The molecule has 4 heterocycles. The largest absolute Gasteiger partial charge is 0.436 e. The van der Waals surface area contributed by atoms with E-state index < -0.39 is 0 Å². The molecule has 0 spiro atoms. The molecule has 0 bridgehead atoms. The van der Waals surface area contributed by atoms with Crippen LogP contribution in [0.2, 0.25) is 0 Å². The molecule has 0 saturated carbocycles. The van der Waals surface area contributed by atoms with Gasteiger partial charge in [0, 0.05) is 17.2 Å². The molecule has 5 aromatic carbocycles. The molecule has 7 aromatic rings. The Balaban J connectivity index is 0.970. The fourth-order valence-electron chi connectivity index (χ4n) is 5.95. The van der Waals surface area contributed by atoms with Crippen molar-refractivity contribution >= 4 is 57.2 Å². The Hall–Kier alpha value is -6.68. The van der Waals surface area contributed by atoms with Crippen molar-refractivity contribution in [3.05, 3.63) is 131 Å². The molecule has 46 heavy (non-hydrogen) atoms. The molecule has 2 aromatic heterocycles. The minimum atomic E-state index is -0.358. The molecule has 4 amide bonds. The average Bonchev–Trinajstić information content (AvgIpc) is 3.82. The molecule has 10 heteroatoms. The van der Waals surface area contributed by atoms with Gasteiger partial charge in [0.1, 0.15) is 11.0 Å². The predicted molar refractivity (Wildman–Crippen MR) is 168 cm³/mol. The highest BCUT2D eigenvalue weighted by Crippen LogP contribution is 2.34. The Kier molecular flexibility index (Phi) is 5.27. The first-order valence-corrected chi connectivity index (χ1v) is 14.3. The minimum absolute atomic E-state index is 0.358. The van der Waals surface area contributed by atoms with Gasteiger partial charge in [-0.1, -0.05) is 24.3 Å². The second-order valence-corrected chi connectivity index (χ2v) is 10.9. The number of aromatic nitrogens is 2. The second-order valence-electron chi connectivity index (χ2n) is 10.9. The highest BCUT2D eigenvalue weighted by Gasteiger charge is 2.37. The lowest BCUT2D eigenvalue weighted by atomic mass is 10.1. The zero-order valence-electron chi connectivity index (χ0n) is 23.6. The maximum Gasteiger partial charge on any atom is 0.266 e. The van der Waals surface area contributed by atoms with Crippen LogP contribution in [0.1, 0.15) is 41.4 Å². The van der Waals surface area contributed by atoms with Crippen LogP contribution >= 0.6 is 0 Å². The van der Waals surface area contributed by atoms with E-state index in [2.05, 4.69) is 9.97 Å². The van der Waals surface area contributed by atoms with Crippen LogP contribution in [0.25, 0.3) is 45.1 Å². The van der Waals surface area contributed by atoms with Gasteiger partial charge in [0.25, 0.3) is 23.6 Å². The lowest BCUT2D eigenvalue weighted by Crippen LogP contribution is -2.29. The number of carbonyl (C=O) groups excluding carboxylic acids is 4. The fourth-order valence-corrected chi connectivity index (χ4v) is 5.95. The van der Waals surface area contributed by atoms with Crippen molar-refractivity contribution in [2.24, 2.45) is 0 Å². The number of benzene rings is 5. The van der Waals surface area contributed by atoms with E-state index in [9.17, 15) is 19.2 Å². The van der Waals surface area contributed by atoms with Crippen molar-refractivity contribution in [1.29, 1.82) is 0 Å². The standard InChI is InChI=1S/C36H18N4O6/c41-33-23-5-1-2-6-24(23)34(42)39(33)21-13-9-19(10-14-21)31-37-27-17-28-30(18-29(27)45-31)46-32(38-28)20-11-15-22(16-12-20)40-35(43)25-7-3-4-8-26(25)36(40)44/h1-18H. The number of oxazole rings is 2. The Morgan fingerprint density at radius 3 is 1.13 bits per heavy atom. The summed E-state index contributed by atoms with van der Waals surface area (Å²) in [5.74, 6) is -0.709. The summed E-state index contributed by atoms with van der Waals surface area (Å²) in [7, 11) is 0. The Bertz CT molecular complexity index is 2170. The molecule has 218 valence electrons. The first-order chi connectivity index (χ1) is 22.4. The van der Waals surface area contributed by atoms with E-state index in [4.69, 9.17) is 8.83 Å². The highest BCUT2D eigenvalue weighted by molar-refractivity contribution is 6.35. The summed E-state index contributed by atoms with van der Waals surface area (Å²) in [6.45, 7) is 0. The molecule has 0 radical (unpaired) electrons. The fraction of sp³-hybridized carbons (Fsp3) is 0. The monoisotopic (exact) mass is 602 g/mol. The quantitative estimate of drug-likeness (QED) is 0.199. The van der Waals surface area contributed by atoms with Crippen LogP contribution in [0.15, 0.2) is 118 Å². The van der Waals surface area contributed by atoms with Crippen molar-refractivity contribution in [2.75, 3.05) is 9.80 Å². The summed E-state index contributed by atoms with van der Waals surface area (Å²) >= 11 is 0. The van der Waals surface area contributed by atoms with Gasteiger partial charge in [-0.2, -0.15) is 0 Å². The highest BCUT2D eigenvalue weighted by atomic mass is 16.4. The number of fused-ring (bicyclic) bond motifs is 4. The van der Waals surface area contributed by atoms with E-state index in [0.29, 0.717) is 78.7 Å². The molecule has 0 aliphatic carbocycles. The van der Waals surface area contributed by atoms with E-state index in [1.54, 1.807) is 109 Å². The number of hydrogen-bond acceptors (Lipinski definition) is 8. The van der Waals surface area contributed by atoms with Gasteiger partial charge in [-0.05, 0) is 78.9 Å². The Morgan fingerprint density at radius 1 is 0.435 bits per heavy atom. The van der Waals surface area contributed by atoms with Crippen molar-refractivity contribution in [2.45, 2.75) is 0 Å². The third kappa shape index (κ3) is 3.70. The van der Waals surface area contributed by atoms with Gasteiger partial charge in [0.15, 0.2) is 11.2 Å². The summed E-state index contributed by atoms with van der Waals surface area (Å²) < 4.78 is 12.1. The summed E-state index contributed by atoms with van der Waals surface area (Å²) in [6, 6.07) is 30.7. The maximum absolute atomic E-state index is 12.8. The van der Waals surface area contributed by atoms with Crippen LogP contribution in [0.5, 0.6) is 0 Å².